The Hall–Kier alpha value is -2.15. The monoisotopic (exact) mass is 356 g/mol. The quantitative estimate of drug-likeness (QED) is 0.737. The summed E-state index contributed by atoms with van der Waals surface area (Å²) in [5.74, 6) is 0.198. The summed E-state index contributed by atoms with van der Waals surface area (Å²) in [6.45, 7) is 0.113. The maximum absolute atomic E-state index is 13.0. The number of rotatable bonds is 5. The molecule has 4 rings (SSSR count). The highest BCUT2D eigenvalue weighted by atomic mass is 32.2. The second-order valence-electron chi connectivity index (χ2n) is 6.32. The molecule has 0 fully saturated rings. The van der Waals surface area contributed by atoms with Gasteiger partial charge in [0, 0.05) is 30.1 Å². The Labute approximate surface area is 147 Å². The number of nitrogens with zero attached hydrogens (tertiary/aromatic N) is 1. The van der Waals surface area contributed by atoms with Gasteiger partial charge in [0.15, 0.2) is 0 Å². The van der Waals surface area contributed by atoms with E-state index in [-0.39, 0.29) is 23.5 Å². The van der Waals surface area contributed by atoms with Crippen molar-refractivity contribution in [2.45, 2.75) is 23.3 Å². The van der Waals surface area contributed by atoms with Crippen molar-refractivity contribution in [1.82, 2.24) is 9.29 Å². The van der Waals surface area contributed by atoms with E-state index in [0.717, 1.165) is 10.9 Å². The van der Waals surface area contributed by atoms with E-state index < -0.39 is 10.0 Å². The Kier molecular flexibility index (Phi) is 3.91. The number of fused-ring (bicyclic) bond motifs is 3. The van der Waals surface area contributed by atoms with Crippen LogP contribution in [-0.4, -0.2) is 31.2 Å². The van der Waals surface area contributed by atoms with Crippen LogP contribution in [0.15, 0.2) is 59.6 Å². The molecule has 0 saturated carbocycles. The van der Waals surface area contributed by atoms with Gasteiger partial charge in [-0.25, -0.2) is 12.4 Å². The Bertz CT molecular complexity index is 1030. The number of likely N-dealkylation sites (N-methyl/N-ethyl adjacent to an activating group) is 1. The summed E-state index contributed by atoms with van der Waals surface area (Å²) < 4.78 is 27.3. The smallest absolute Gasteiger partial charge is 0.268 e. The summed E-state index contributed by atoms with van der Waals surface area (Å²) in [5.41, 5.74) is 3.01. The third-order valence-corrected chi connectivity index (χ3v) is 6.78. The van der Waals surface area contributed by atoms with Gasteiger partial charge in [0.1, 0.15) is 0 Å². The molecule has 0 spiro atoms. The first-order chi connectivity index (χ1) is 12.1. The molecule has 5 nitrogen and oxygen atoms in total. The molecule has 2 N–H and O–H groups in total. The second kappa shape index (κ2) is 5.98. The molecule has 0 aliphatic heterocycles. The number of aliphatic hydroxyl groups excluding tert-OH is 1. The van der Waals surface area contributed by atoms with Crippen LogP contribution >= 0.6 is 0 Å². The topological polar surface area (TPSA) is 71.3 Å². The lowest BCUT2D eigenvalue weighted by Gasteiger charge is -2.40. The van der Waals surface area contributed by atoms with E-state index >= 15 is 0 Å². The molecular formula is C19H20N2O3S. The molecule has 130 valence electrons. The summed E-state index contributed by atoms with van der Waals surface area (Å²) in [6.07, 6.45) is 2.28. The molecule has 2 aromatic carbocycles. The second-order valence-corrected chi connectivity index (χ2v) is 8.13. The summed E-state index contributed by atoms with van der Waals surface area (Å²) >= 11 is 0. The van der Waals surface area contributed by atoms with Crippen LogP contribution < -0.4 is 5.32 Å². The highest BCUT2D eigenvalue weighted by Crippen LogP contribution is 2.50. The number of aromatic nitrogens is 1. The van der Waals surface area contributed by atoms with Gasteiger partial charge < -0.3 is 10.4 Å². The number of nitrogens with one attached hydrogen (secondary N) is 1. The van der Waals surface area contributed by atoms with Crippen LogP contribution in [0, 0.1) is 0 Å². The summed E-state index contributed by atoms with van der Waals surface area (Å²) in [6, 6.07) is 14.4. The van der Waals surface area contributed by atoms with Gasteiger partial charge in [-0.15, -0.1) is 0 Å². The average molecular weight is 356 g/mol. The van der Waals surface area contributed by atoms with Crippen LogP contribution in [0.3, 0.4) is 0 Å². The molecule has 0 saturated heterocycles. The molecule has 6 heteroatoms. The van der Waals surface area contributed by atoms with Crippen LogP contribution in [0.4, 0.5) is 0 Å². The molecule has 1 aromatic heterocycles. The molecule has 3 aromatic rings. The van der Waals surface area contributed by atoms with Crippen molar-refractivity contribution in [3.63, 3.8) is 0 Å². The predicted octanol–water partition coefficient (Wildman–Crippen LogP) is 2.62. The molecular weight excluding hydrogens is 336 g/mol. The van der Waals surface area contributed by atoms with Gasteiger partial charge in [-0.2, -0.15) is 0 Å². The van der Waals surface area contributed by atoms with E-state index in [2.05, 4.69) is 5.32 Å². The van der Waals surface area contributed by atoms with Gasteiger partial charge >= 0.3 is 0 Å². The zero-order chi connectivity index (χ0) is 17.6. The zero-order valence-electron chi connectivity index (χ0n) is 13.9. The fourth-order valence-corrected chi connectivity index (χ4v) is 5.29. The van der Waals surface area contributed by atoms with Gasteiger partial charge in [-0.1, -0.05) is 24.3 Å². The molecule has 0 bridgehead atoms. The first kappa shape index (κ1) is 16.3. The van der Waals surface area contributed by atoms with Crippen LogP contribution in [-0.2, 0) is 10.0 Å². The molecule has 1 aliphatic carbocycles. The van der Waals surface area contributed by atoms with E-state index in [0.29, 0.717) is 11.9 Å². The van der Waals surface area contributed by atoms with Crippen LogP contribution in [0.25, 0.3) is 10.9 Å². The minimum absolute atomic E-state index is 0.113. The Morgan fingerprint density at radius 2 is 1.88 bits per heavy atom. The van der Waals surface area contributed by atoms with E-state index in [1.54, 1.807) is 36.5 Å². The van der Waals surface area contributed by atoms with Crippen molar-refractivity contribution in [3.05, 3.63) is 65.9 Å². The lowest BCUT2D eigenvalue weighted by Crippen LogP contribution is -2.34. The van der Waals surface area contributed by atoms with Crippen LogP contribution in [0.2, 0.25) is 0 Å². The molecule has 2 atom stereocenters. The highest BCUT2D eigenvalue weighted by Gasteiger charge is 2.38. The van der Waals surface area contributed by atoms with Crippen molar-refractivity contribution in [3.8, 4) is 0 Å². The molecule has 0 amide bonds. The Balaban J connectivity index is 1.88. The molecule has 1 heterocycles. The zero-order valence-corrected chi connectivity index (χ0v) is 14.7. The van der Waals surface area contributed by atoms with E-state index in [1.807, 2.05) is 25.2 Å². The van der Waals surface area contributed by atoms with E-state index in [4.69, 9.17) is 0 Å². The van der Waals surface area contributed by atoms with E-state index in [1.165, 1.54) is 9.54 Å². The fraction of sp³-hybridized carbons (Fsp3) is 0.263. The standard InChI is InChI=1S/C19H20N2O3S/c1-20-19-15-7-8-17-14(18(15)16(19)10-12-22)9-11-21(17)25(23,24)13-5-3-2-4-6-13/h2-9,11,16,19-20,22H,10,12H2,1H3/t16-,19+/m0/s1. The number of aliphatic hydroxyl groups is 1. The lowest BCUT2D eigenvalue weighted by molar-refractivity contribution is 0.251. The largest absolute Gasteiger partial charge is 0.396 e. The molecule has 1 aliphatic rings. The third kappa shape index (κ3) is 2.33. The first-order valence-corrected chi connectivity index (χ1v) is 9.76. The van der Waals surface area contributed by atoms with Gasteiger partial charge in [0.2, 0.25) is 0 Å². The van der Waals surface area contributed by atoms with Crippen LogP contribution in [0.1, 0.15) is 29.5 Å². The minimum atomic E-state index is -3.62. The number of hydrogen-bond donors (Lipinski definition) is 2. The maximum atomic E-state index is 13.0. The number of benzene rings is 2. The predicted molar refractivity (Wildman–Crippen MR) is 97.2 cm³/mol. The van der Waals surface area contributed by atoms with Gasteiger partial charge in [-0.3, -0.25) is 0 Å². The summed E-state index contributed by atoms with van der Waals surface area (Å²) in [5, 5.41) is 13.6. The van der Waals surface area contributed by atoms with Crippen molar-refractivity contribution >= 4 is 20.9 Å². The van der Waals surface area contributed by atoms with Crippen molar-refractivity contribution in [1.29, 1.82) is 0 Å². The third-order valence-electron chi connectivity index (χ3n) is 5.07. The molecule has 0 unspecified atom stereocenters. The van der Waals surface area contributed by atoms with Crippen molar-refractivity contribution in [2.24, 2.45) is 0 Å². The lowest BCUT2D eigenvalue weighted by atomic mass is 9.70. The first-order valence-electron chi connectivity index (χ1n) is 8.32. The van der Waals surface area contributed by atoms with Gasteiger partial charge in [-0.05, 0) is 48.9 Å². The highest BCUT2D eigenvalue weighted by molar-refractivity contribution is 7.90. The normalized spacial score (nSPS) is 19.6. The Morgan fingerprint density at radius 3 is 2.56 bits per heavy atom. The molecule has 25 heavy (non-hydrogen) atoms. The average Bonchev–Trinajstić information content (AvgIpc) is 3.04. The maximum Gasteiger partial charge on any atom is 0.268 e. The Morgan fingerprint density at radius 1 is 1.12 bits per heavy atom. The van der Waals surface area contributed by atoms with E-state index in [9.17, 15) is 13.5 Å². The minimum Gasteiger partial charge on any atom is -0.396 e. The van der Waals surface area contributed by atoms with Crippen molar-refractivity contribution in [2.75, 3.05) is 13.7 Å². The van der Waals surface area contributed by atoms with Gasteiger partial charge in [0.05, 0.1) is 10.4 Å². The SMILES string of the molecule is CN[C@@H]1c2ccc3c(ccn3S(=O)(=O)c3ccccc3)c2[C@@H]1CCO. The molecule has 0 radical (unpaired) electrons. The van der Waals surface area contributed by atoms with Crippen molar-refractivity contribution < 1.29 is 13.5 Å². The fourth-order valence-electron chi connectivity index (χ4n) is 3.93. The van der Waals surface area contributed by atoms with Crippen LogP contribution in [0.5, 0.6) is 0 Å². The summed E-state index contributed by atoms with van der Waals surface area (Å²) in [7, 11) is -1.72. The van der Waals surface area contributed by atoms with Gasteiger partial charge in [0.25, 0.3) is 10.0 Å². The summed E-state index contributed by atoms with van der Waals surface area (Å²) in [4.78, 5) is 0.273. The number of hydrogen-bond acceptors (Lipinski definition) is 4.